The van der Waals surface area contributed by atoms with E-state index in [4.69, 9.17) is 0 Å². The minimum atomic E-state index is -0.706. The molecule has 19 heavy (non-hydrogen) atoms. The Balaban J connectivity index is 2.42. The molecule has 0 aliphatic rings. The molecule has 0 amide bonds. The van der Waals surface area contributed by atoms with Crippen molar-refractivity contribution in [3.05, 3.63) is 48.0 Å². The summed E-state index contributed by atoms with van der Waals surface area (Å²) in [6.07, 6.45) is 2.16. The SMILES string of the molecule is CCCC(C)(Cc1cccc2ccccc12)C(=O)O. The van der Waals surface area contributed by atoms with E-state index in [0.717, 1.165) is 17.4 Å². The summed E-state index contributed by atoms with van der Waals surface area (Å²) >= 11 is 0. The molecule has 0 aliphatic heterocycles. The fraction of sp³-hybridized carbons (Fsp3) is 0.353. The van der Waals surface area contributed by atoms with Crippen molar-refractivity contribution in [2.45, 2.75) is 33.1 Å². The van der Waals surface area contributed by atoms with Crippen LogP contribution in [0.5, 0.6) is 0 Å². The number of benzene rings is 2. The van der Waals surface area contributed by atoms with Crippen LogP contribution < -0.4 is 0 Å². The monoisotopic (exact) mass is 256 g/mol. The van der Waals surface area contributed by atoms with Gasteiger partial charge in [0.25, 0.3) is 0 Å². The van der Waals surface area contributed by atoms with E-state index in [1.54, 1.807) is 0 Å². The lowest BCUT2D eigenvalue weighted by Crippen LogP contribution is -2.30. The molecular formula is C17H20O2. The zero-order valence-corrected chi connectivity index (χ0v) is 11.5. The first-order chi connectivity index (χ1) is 9.07. The third-order valence-corrected chi connectivity index (χ3v) is 3.78. The van der Waals surface area contributed by atoms with Gasteiger partial charge in [0, 0.05) is 0 Å². The second-order valence-corrected chi connectivity index (χ2v) is 5.43. The summed E-state index contributed by atoms with van der Waals surface area (Å²) < 4.78 is 0. The number of carboxylic acids is 1. The normalized spacial score (nSPS) is 14.2. The Hall–Kier alpha value is -1.83. The van der Waals surface area contributed by atoms with Crippen molar-refractivity contribution in [2.24, 2.45) is 5.41 Å². The number of carboxylic acid groups (broad SMARTS) is 1. The maximum absolute atomic E-state index is 11.6. The highest BCUT2D eigenvalue weighted by molar-refractivity contribution is 5.86. The molecule has 2 nitrogen and oxygen atoms in total. The van der Waals surface area contributed by atoms with Crippen LogP contribution in [-0.2, 0) is 11.2 Å². The van der Waals surface area contributed by atoms with Gasteiger partial charge >= 0.3 is 5.97 Å². The van der Waals surface area contributed by atoms with Gasteiger partial charge in [-0.3, -0.25) is 4.79 Å². The molecule has 0 fully saturated rings. The highest BCUT2D eigenvalue weighted by atomic mass is 16.4. The van der Waals surface area contributed by atoms with E-state index in [2.05, 4.69) is 18.2 Å². The van der Waals surface area contributed by atoms with Crippen molar-refractivity contribution >= 4 is 16.7 Å². The van der Waals surface area contributed by atoms with Crippen LogP contribution in [0.4, 0.5) is 0 Å². The van der Waals surface area contributed by atoms with E-state index in [9.17, 15) is 9.90 Å². The molecule has 100 valence electrons. The van der Waals surface area contributed by atoms with Crippen molar-refractivity contribution in [1.82, 2.24) is 0 Å². The molecular weight excluding hydrogens is 236 g/mol. The van der Waals surface area contributed by atoms with Crippen LogP contribution in [0.2, 0.25) is 0 Å². The lowest BCUT2D eigenvalue weighted by Gasteiger charge is -2.25. The standard InChI is InChI=1S/C17H20O2/c1-3-11-17(2,16(18)19)12-14-9-6-8-13-7-4-5-10-15(13)14/h4-10H,3,11-12H2,1-2H3,(H,18,19). The lowest BCUT2D eigenvalue weighted by atomic mass is 9.79. The van der Waals surface area contributed by atoms with Crippen molar-refractivity contribution in [3.8, 4) is 0 Å². The fourth-order valence-electron chi connectivity index (χ4n) is 2.69. The van der Waals surface area contributed by atoms with Gasteiger partial charge < -0.3 is 5.11 Å². The number of carbonyl (C=O) groups is 1. The second-order valence-electron chi connectivity index (χ2n) is 5.43. The fourth-order valence-corrected chi connectivity index (χ4v) is 2.69. The molecule has 1 N–H and O–H groups in total. The van der Waals surface area contributed by atoms with E-state index in [0.29, 0.717) is 12.8 Å². The van der Waals surface area contributed by atoms with Gasteiger partial charge in [-0.25, -0.2) is 0 Å². The number of fused-ring (bicyclic) bond motifs is 1. The summed E-state index contributed by atoms with van der Waals surface area (Å²) in [5, 5.41) is 11.8. The molecule has 0 bridgehead atoms. The summed E-state index contributed by atoms with van der Waals surface area (Å²) in [7, 11) is 0. The summed E-state index contributed by atoms with van der Waals surface area (Å²) in [6, 6.07) is 14.3. The van der Waals surface area contributed by atoms with Crippen LogP contribution >= 0.6 is 0 Å². The Morgan fingerprint density at radius 3 is 2.53 bits per heavy atom. The molecule has 2 rings (SSSR count). The first kappa shape index (κ1) is 13.6. The molecule has 2 aromatic rings. The van der Waals surface area contributed by atoms with E-state index in [-0.39, 0.29) is 0 Å². The van der Waals surface area contributed by atoms with Gasteiger partial charge in [-0.2, -0.15) is 0 Å². The molecule has 2 aromatic carbocycles. The maximum Gasteiger partial charge on any atom is 0.309 e. The van der Waals surface area contributed by atoms with Crippen molar-refractivity contribution in [1.29, 1.82) is 0 Å². The van der Waals surface area contributed by atoms with Gasteiger partial charge in [-0.1, -0.05) is 55.8 Å². The first-order valence-corrected chi connectivity index (χ1v) is 6.77. The molecule has 0 radical (unpaired) electrons. The van der Waals surface area contributed by atoms with E-state index >= 15 is 0 Å². The van der Waals surface area contributed by atoms with Gasteiger partial charge in [0.2, 0.25) is 0 Å². The summed E-state index contributed by atoms with van der Waals surface area (Å²) in [5.74, 6) is -0.706. The van der Waals surface area contributed by atoms with Gasteiger partial charge in [-0.05, 0) is 36.1 Å². The van der Waals surface area contributed by atoms with E-state index in [1.165, 1.54) is 5.39 Å². The van der Waals surface area contributed by atoms with Crippen LogP contribution in [0, 0.1) is 5.41 Å². The predicted molar refractivity (Wildman–Crippen MR) is 78.3 cm³/mol. The topological polar surface area (TPSA) is 37.3 Å². The summed E-state index contributed by atoms with van der Waals surface area (Å²) in [5.41, 5.74) is 0.440. The average Bonchev–Trinajstić information content (AvgIpc) is 2.39. The highest BCUT2D eigenvalue weighted by Gasteiger charge is 2.32. The summed E-state index contributed by atoms with van der Waals surface area (Å²) in [4.78, 5) is 11.6. The van der Waals surface area contributed by atoms with E-state index in [1.807, 2.05) is 38.1 Å². The quantitative estimate of drug-likeness (QED) is 0.867. The smallest absolute Gasteiger partial charge is 0.309 e. The highest BCUT2D eigenvalue weighted by Crippen LogP contribution is 2.31. The van der Waals surface area contributed by atoms with Crippen LogP contribution in [0.3, 0.4) is 0 Å². The Morgan fingerprint density at radius 2 is 1.84 bits per heavy atom. The molecule has 1 atom stereocenters. The van der Waals surface area contributed by atoms with Crippen molar-refractivity contribution in [2.75, 3.05) is 0 Å². The van der Waals surface area contributed by atoms with Crippen LogP contribution in [-0.4, -0.2) is 11.1 Å². The largest absolute Gasteiger partial charge is 0.481 e. The molecule has 0 heterocycles. The number of hydrogen-bond acceptors (Lipinski definition) is 1. The van der Waals surface area contributed by atoms with Crippen LogP contribution in [0.15, 0.2) is 42.5 Å². The average molecular weight is 256 g/mol. The van der Waals surface area contributed by atoms with Crippen LogP contribution in [0.1, 0.15) is 32.3 Å². The molecule has 0 aromatic heterocycles. The number of hydrogen-bond donors (Lipinski definition) is 1. The Labute approximate surface area is 114 Å². The summed E-state index contributed by atoms with van der Waals surface area (Å²) in [6.45, 7) is 3.88. The van der Waals surface area contributed by atoms with Gasteiger partial charge in [-0.15, -0.1) is 0 Å². The Bertz CT molecular complexity index is 583. The minimum Gasteiger partial charge on any atom is -0.481 e. The van der Waals surface area contributed by atoms with Crippen LogP contribution in [0.25, 0.3) is 10.8 Å². The van der Waals surface area contributed by atoms with Crippen molar-refractivity contribution in [3.63, 3.8) is 0 Å². The van der Waals surface area contributed by atoms with Gasteiger partial charge in [0.05, 0.1) is 5.41 Å². The number of rotatable bonds is 5. The van der Waals surface area contributed by atoms with Gasteiger partial charge in [0.15, 0.2) is 0 Å². The predicted octanol–water partition coefficient (Wildman–Crippen LogP) is 4.27. The maximum atomic E-state index is 11.6. The third-order valence-electron chi connectivity index (χ3n) is 3.78. The molecule has 0 aliphatic carbocycles. The zero-order chi connectivity index (χ0) is 13.9. The number of aliphatic carboxylic acids is 1. The molecule has 0 saturated heterocycles. The molecule has 0 spiro atoms. The third kappa shape index (κ3) is 2.78. The molecule has 1 unspecified atom stereocenters. The zero-order valence-electron chi connectivity index (χ0n) is 11.5. The molecule has 2 heteroatoms. The second kappa shape index (κ2) is 5.43. The van der Waals surface area contributed by atoms with Gasteiger partial charge in [0.1, 0.15) is 0 Å². The molecule has 0 saturated carbocycles. The first-order valence-electron chi connectivity index (χ1n) is 6.77. The van der Waals surface area contributed by atoms with E-state index < -0.39 is 11.4 Å². The Morgan fingerprint density at radius 1 is 1.16 bits per heavy atom. The van der Waals surface area contributed by atoms with Crippen molar-refractivity contribution < 1.29 is 9.90 Å². The lowest BCUT2D eigenvalue weighted by molar-refractivity contribution is -0.148. The Kier molecular flexibility index (Phi) is 3.89. The minimum absolute atomic E-state index is 0.581.